The zero-order chi connectivity index (χ0) is 10.4. The molecule has 0 saturated carbocycles. The van der Waals surface area contributed by atoms with Crippen LogP contribution < -0.4 is 0 Å². The van der Waals surface area contributed by atoms with Crippen LogP contribution in [0.25, 0.3) is 6.08 Å². The van der Waals surface area contributed by atoms with Gasteiger partial charge in [0.05, 0.1) is 13.7 Å². The van der Waals surface area contributed by atoms with Gasteiger partial charge in [0.2, 0.25) is 0 Å². The van der Waals surface area contributed by atoms with Crippen molar-refractivity contribution in [2.45, 2.75) is 0 Å². The third kappa shape index (κ3) is 2.40. The van der Waals surface area contributed by atoms with Crippen molar-refractivity contribution in [2.24, 2.45) is 0 Å². The molecule has 0 spiro atoms. The maximum atomic E-state index is 11.2. The summed E-state index contributed by atoms with van der Waals surface area (Å²) >= 11 is 0. The average Bonchev–Trinajstić information content (AvgIpc) is 2.25. The number of esters is 1. The zero-order valence-electron chi connectivity index (χ0n) is 7.80. The maximum Gasteiger partial charge on any atom is 0.357 e. The quantitative estimate of drug-likeness (QED) is 0.724. The molecule has 0 bridgehead atoms. The van der Waals surface area contributed by atoms with Crippen molar-refractivity contribution in [2.75, 3.05) is 13.7 Å². The van der Waals surface area contributed by atoms with E-state index < -0.39 is 5.97 Å². The van der Waals surface area contributed by atoms with Gasteiger partial charge in [0, 0.05) is 11.8 Å². The van der Waals surface area contributed by atoms with E-state index in [1.54, 1.807) is 18.2 Å². The Morgan fingerprint density at radius 1 is 1.71 bits per heavy atom. The van der Waals surface area contributed by atoms with Crippen molar-refractivity contribution in [3.05, 3.63) is 35.7 Å². The molecule has 14 heavy (non-hydrogen) atoms. The summed E-state index contributed by atoms with van der Waals surface area (Å²) in [7, 11) is 1.30. The first-order valence-electron chi connectivity index (χ1n) is 4.10. The topological polar surface area (TPSA) is 59.4 Å². The number of aromatic nitrogens is 1. The monoisotopic (exact) mass is 193 g/mol. The number of methoxy groups -OCH3 is 1. The molecule has 4 heteroatoms. The Hall–Kier alpha value is -1.68. The van der Waals surface area contributed by atoms with E-state index in [1.165, 1.54) is 19.4 Å². The molecule has 74 valence electrons. The van der Waals surface area contributed by atoms with Gasteiger partial charge in [-0.3, -0.25) is 0 Å². The van der Waals surface area contributed by atoms with E-state index in [4.69, 9.17) is 5.11 Å². The standard InChI is InChI=1S/C10H11NO3/c1-14-10(13)9-8(5-3-7-12)4-2-6-11-9/h2-6,12H,7H2,1H3. The van der Waals surface area contributed by atoms with Crippen molar-refractivity contribution in [1.29, 1.82) is 0 Å². The predicted octanol–water partition coefficient (Wildman–Crippen LogP) is 0.874. The number of hydrogen-bond donors (Lipinski definition) is 1. The van der Waals surface area contributed by atoms with Crippen LogP contribution in [0.15, 0.2) is 24.4 Å². The molecule has 0 amide bonds. The molecule has 1 heterocycles. The van der Waals surface area contributed by atoms with Gasteiger partial charge in [0.15, 0.2) is 5.69 Å². The van der Waals surface area contributed by atoms with Crippen LogP contribution in [-0.4, -0.2) is 29.8 Å². The SMILES string of the molecule is COC(=O)c1ncccc1C=CCO. The normalized spacial score (nSPS) is 10.4. The molecular weight excluding hydrogens is 182 g/mol. The fraction of sp³-hybridized carbons (Fsp3) is 0.200. The molecular formula is C10H11NO3. The highest BCUT2D eigenvalue weighted by atomic mass is 16.5. The van der Waals surface area contributed by atoms with Crippen LogP contribution in [-0.2, 0) is 4.74 Å². The first-order chi connectivity index (χ1) is 6.79. The maximum absolute atomic E-state index is 11.2. The van der Waals surface area contributed by atoms with Gasteiger partial charge in [-0.05, 0) is 6.07 Å². The van der Waals surface area contributed by atoms with E-state index in [-0.39, 0.29) is 12.3 Å². The molecule has 1 rings (SSSR count). The first-order valence-corrected chi connectivity index (χ1v) is 4.10. The highest BCUT2D eigenvalue weighted by molar-refractivity contribution is 5.91. The number of carbonyl (C=O) groups is 1. The number of aliphatic hydroxyl groups excluding tert-OH is 1. The molecule has 0 aliphatic heterocycles. The van der Waals surface area contributed by atoms with Crippen molar-refractivity contribution in [1.82, 2.24) is 4.98 Å². The summed E-state index contributed by atoms with van der Waals surface area (Å²) in [6, 6.07) is 3.44. The minimum Gasteiger partial charge on any atom is -0.464 e. The fourth-order valence-electron chi connectivity index (χ4n) is 0.999. The Morgan fingerprint density at radius 2 is 2.50 bits per heavy atom. The van der Waals surface area contributed by atoms with Crippen molar-refractivity contribution < 1.29 is 14.6 Å². The van der Waals surface area contributed by atoms with Crippen molar-refractivity contribution >= 4 is 12.0 Å². The van der Waals surface area contributed by atoms with E-state index in [2.05, 4.69) is 9.72 Å². The smallest absolute Gasteiger partial charge is 0.357 e. The summed E-state index contributed by atoms with van der Waals surface area (Å²) in [5.41, 5.74) is 0.883. The summed E-state index contributed by atoms with van der Waals surface area (Å²) < 4.78 is 4.56. The molecule has 0 atom stereocenters. The highest BCUT2D eigenvalue weighted by Crippen LogP contribution is 2.08. The van der Waals surface area contributed by atoms with Gasteiger partial charge < -0.3 is 9.84 Å². The Balaban J connectivity index is 3.03. The van der Waals surface area contributed by atoms with Crippen molar-refractivity contribution in [3.63, 3.8) is 0 Å². The molecule has 0 saturated heterocycles. The molecule has 0 unspecified atom stereocenters. The Morgan fingerprint density at radius 3 is 3.14 bits per heavy atom. The minimum absolute atomic E-state index is 0.0739. The second-order valence-electron chi connectivity index (χ2n) is 2.52. The number of rotatable bonds is 3. The van der Waals surface area contributed by atoms with E-state index in [1.807, 2.05) is 0 Å². The summed E-state index contributed by atoms with van der Waals surface area (Å²) in [6.07, 6.45) is 4.67. The van der Waals surface area contributed by atoms with Crippen LogP contribution in [0.2, 0.25) is 0 Å². The largest absolute Gasteiger partial charge is 0.464 e. The number of nitrogens with zero attached hydrogens (tertiary/aromatic N) is 1. The number of hydrogen-bond acceptors (Lipinski definition) is 4. The van der Waals surface area contributed by atoms with Crippen LogP contribution in [0, 0.1) is 0 Å². The molecule has 0 radical (unpaired) electrons. The van der Waals surface area contributed by atoms with E-state index in [0.29, 0.717) is 5.56 Å². The fourth-order valence-corrected chi connectivity index (χ4v) is 0.999. The molecule has 4 nitrogen and oxygen atoms in total. The number of carbonyl (C=O) groups excluding carboxylic acids is 1. The van der Waals surface area contributed by atoms with Crippen LogP contribution in [0.1, 0.15) is 16.1 Å². The van der Waals surface area contributed by atoms with Gasteiger partial charge in [0.25, 0.3) is 0 Å². The van der Waals surface area contributed by atoms with Gasteiger partial charge >= 0.3 is 5.97 Å². The predicted molar refractivity (Wildman–Crippen MR) is 51.7 cm³/mol. The highest BCUT2D eigenvalue weighted by Gasteiger charge is 2.09. The van der Waals surface area contributed by atoms with Gasteiger partial charge in [-0.2, -0.15) is 0 Å². The van der Waals surface area contributed by atoms with Gasteiger partial charge in [0.1, 0.15) is 0 Å². The summed E-state index contributed by atoms with van der Waals surface area (Å²) in [5.74, 6) is -0.483. The lowest BCUT2D eigenvalue weighted by Gasteiger charge is -2.01. The zero-order valence-corrected chi connectivity index (χ0v) is 7.80. The summed E-state index contributed by atoms with van der Waals surface area (Å²) in [4.78, 5) is 15.1. The van der Waals surface area contributed by atoms with E-state index in [0.717, 1.165) is 0 Å². The van der Waals surface area contributed by atoms with Crippen LogP contribution in [0.5, 0.6) is 0 Å². The van der Waals surface area contributed by atoms with Crippen molar-refractivity contribution in [3.8, 4) is 0 Å². The number of pyridine rings is 1. The molecule has 0 aromatic carbocycles. The average molecular weight is 193 g/mol. The number of ether oxygens (including phenoxy) is 1. The molecule has 0 fully saturated rings. The third-order valence-electron chi connectivity index (χ3n) is 1.62. The minimum atomic E-state index is -0.483. The Bertz CT molecular complexity index is 347. The lowest BCUT2D eigenvalue weighted by molar-refractivity contribution is 0.0594. The first kappa shape index (κ1) is 10.4. The van der Waals surface area contributed by atoms with Gasteiger partial charge in [-0.25, -0.2) is 9.78 Å². The third-order valence-corrected chi connectivity index (χ3v) is 1.62. The second kappa shape index (κ2) is 5.14. The van der Waals surface area contributed by atoms with Crippen LogP contribution in [0.3, 0.4) is 0 Å². The number of aliphatic hydroxyl groups is 1. The molecule has 1 N–H and O–H groups in total. The Labute approximate surface area is 81.9 Å². The lowest BCUT2D eigenvalue weighted by atomic mass is 10.2. The lowest BCUT2D eigenvalue weighted by Crippen LogP contribution is -2.06. The molecule has 0 aliphatic rings. The van der Waals surface area contributed by atoms with Gasteiger partial charge in [-0.15, -0.1) is 0 Å². The summed E-state index contributed by atoms with van der Waals surface area (Å²) in [6.45, 7) is -0.0739. The van der Waals surface area contributed by atoms with E-state index >= 15 is 0 Å². The molecule has 1 aromatic heterocycles. The van der Waals surface area contributed by atoms with Gasteiger partial charge in [-0.1, -0.05) is 18.2 Å². The second-order valence-corrected chi connectivity index (χ2v) is 2.52. The summed E-state index contributed by atoms with van der Waals surface area (Å²) in [5, 5.41) is 8.59. The Kier molecular flexibility index (Phi) is 3.82. The van der Waals surface area contributed by atoms with Crippen LogP contribution >= 0.6 is 0 Å². The molecule has 0 aliphatic carbocycles. The van der Waals surface area contributed by atoms with E-state index in [9.17, 15) is 4.79 Å². The molecule has 1 aromatic rings. The van der Waals surface area contributed by atoms with Crippen LogP contribution in [0.4, 0.5) is 0 Å².